The number of aromatic amines is 1. The van der Waals surface area contributed by atoms with Crippen LogP contribution in [0.5, 0.6) is 0 Å². The molecule has 0 radical (unpaired) electrons. The standard InChI is InChI=1S/C15H17BFNO3/c1-14(2)15(3,4)21-16(20-14)10-7-9-5-6-18-13(19)12(9)11(17)8-10/h5-8H,1-4H3,(H,18,19). The number of H-pyrrole nitrogens is 1. The van der Waals surface area contributed by atoms with E-state index in [1.165, 1.54) is 12.3 Å². The molecule has 0 amide bonds. The third-order valence-electron chi connectivity index (χ3n) is 4.37. The lowest BCUT2D eigenvalue weighted by atomic mass is 9.78. The van der Waals surface area contributed by atoms with Crippen LogP contribution in [-0.2, 0) is 9.31 Å². The minimum absolute atomic E-state index is 0.0535. The monoisotopic (exact) mass is 289 g/mol. The van der Waals surface area contributed by atoms with E-state index in [4.69, 9.17) is 9.31 Å². The molecular weight excluding hydrogens is 272 g/mol. The summed E-state index contributed by atoms with van der Waals surface area (Å²) in [7, 11) is -0.645. The highest BCUT2D eigenvalue weighted by atomic mass is 19.1. The third-order valence-corrected chi connectivity index (χ3v) is 4.37. The predicted molar refractivity (Wildman–Crippen MR) is 80.2 cm³/mol. The number of hydrogen-bond donors (Lipinski definition) is 1. The fourth-order valence-electron chi connectivity index (χ4n) is 2.42. The maximum atomic E-state index is 14.2. The molecule has 110 valence electrons. The Labute approximate surface area is 122 Å². The second-order valence-corrected chi connectivity index (χ2v) is 6.36. The number of pyridine rings is 1. The summed E-state index contributed by atoms with van der Waals surface area (Å²) in [5.41, 5.74) is -0.844. The number of halogens is 1. The van der Waals surface area contributed by atoms with Crippen LogP contribution in [0.2, 0.25) is 0 Å². The average Bonchev–Trinajstić information content (AvgIpc) is 2.58. The van der Waals surface area contributed by atoms with E-state index in [9.17, 15) is 9.18 Å². The summed E-state index contributed by atoms with van der Waals surface area (Å²) in [6, 6.07) is 4.70. The van der Waals surface area contributed by atoms with E-state index in [0.717, 1.165) is 0 Å². The Hall–Kier alpha value is -1.66. The van der Waals surface area contributed by atoms with Crippen LogP contribution in [0.4, 0.5) is 4.39 Å². The Morgan fingerprint density at radius 1 is 1.14 bits per heavy atom. The van der Waals surface area contributed by atoms with Crippen LogP contribution in [0, 0.1) is 5.82 Å². The average molecular weight is 289 g/mol. The molecule has 1 fully saturated rings. The molecule has 4 nitrogen and oxygen atoms in total. The van der Waals surface area contributed by atoms with E-state index in [2.05, 4.69) is 4.98 Å². The van der Waals surface area contributed by atoms with Crippen LogP contribution >= 0.6 is 0 Å². The van der Waals surface area contributed by atoms with Crippen molar-refractivity contribution in [3.05, 3.63) is 40.6 Å². The van der Waals surface area contributed by atoms with E-state index in [0.29, 0.717) is 10.8 Å². The summed E-state index contributed by atoms with van der Waals surface area (Å²) >= 11 is 0. The number of fused-ring (bicyclic) bond motifs is 1. The Morgan fingerprint density at radius 2 is 1.76 bits per heavy atom. The largest absolute Gasteiger partial charge is 0.494 e. The fourth-order valence-corrected chi connectivity index (χ4v) is 2.42. The van der Waals surface area contributed by atoms with Gasteiger partial charge in [0.25, 0.3) is 5.56 Å². The van der Waals surface area contributed by atoms with Gasteiger partial charge in [-0.25, -0.2) is 4.39 Å². The van der Waals surface area contributed by atoms with Gasteiger partial charge in [0.2, 0.25) is 0 Å². The predicted octanol–water partition coefficient (Wildman–Crippen LogP) is 1.97. The van der Waals surface area contributed by atoms with Gasteiger partial charge < -0.3 is 14.3 Å². The van der Waals surface area contributed by atoms with Gasteiger partial charge in [0.1, 0.15) is 5.82 Å². The van der Waals surface area contributed by atoms with Crippen molar-refractivity contribution >= 4 is 23.4 Å². The summed E-state index contributed by atoms with van der Waals surface area (Å²) in [6.45, 7) is 7.76. The third kappa shape index (κ3) is 2.19. The number of hydrogen-bond acceptors (Lipinski definition) is 3. The quantitative estimate of drug-likeness (QED) is 0.817. The van der Waals surface area contributed by atoms with Crippen molar-refractivity contribution in [3.63, 3.8) is 0 Å². The van der Waals surface area contributed by atoms with Crippen LogP contribution < -0.4 is 11.0 Å². The minimum Gasteiger partial charge on any atom is -0.399 e. The molecule has 1 aromatic heterocycles. The first-order chi connectivity index (χ1) is 9.71. The molecule has 0 aliphatic carbocycles. The van der Waals surface area contributed by atoms with E-state index in [1.807, 2.05) is 27.7 Å². The Kier molecular flexibility index (Phi) is 3.01. The lowest BCUT2D eigenvalue weighted by Gasteiger charge is -2.32. The second kappa shape index (κ2) is 4.42. The van der Waals surface area contributed by atoms with Gasteiger partial charge in [-0.1, -0.05) is 6.07 Å². The molecule has 6 heteroatoms. The molecule has 0 saturated carbocycles. The number of rotatable bonds is 1. The summed E-state index contributed by atoms with van der Waals surface area (Å²) in [5, 5.41) is 0.584. The van der Waals surface area contributed by atoms with E-state index in [-0.39, 0.29) is 5.39 Å². The molecule has 0 bridgehead atoms. The van der Waals surface area contributed by atoms with Crippen LogP contribution in [0.3, 0.4) is 0 Å². The van der Waals surface area contributed by atoms with Gasteiger partial charge in [-0.3, -0.25) is 4.79 Å². The van der Waals surface area contributed by atoms with Gasteiger partial charge in [-0.15, -0.1) is 0 Å². The zero-order valence-corrected chi connectivity index (χ0v) is 12.5. The molecule has 1 saturated heterocycles. The van der Waals surface area contributed by atoms with Gasteiger partial charge in [0, 0.05) is 6.20 Å². The number of aromatic nitrogens is 1. The van der Waals surface area contributed by atoms with Crippen molar-refractivity contribution in [3.8, 4) is 0 Å². The van der Waals surface area contributed by atoms with Crippen LogP contribution in [0.1, 0.15) is 27.7 Å². The first-order valence-corrected chi connectivity index (χ1v) is 6.88. The van der Waals surface area contributed by atoms with Gasteiger partial charge in [-0.2, -0.15) is 0 Å². The normalized spacial score (nSPS) is 20.1. The first-order valence-electron chi connectivity index (χ1n) is 6.88. The highest BCUT2D eigenvalue weighted by Crippen LogP contribution is 2.36. The molecule has 0 unspecified atom stereocenters. The highest BCUT2D eigenvalue weighted by molar-refractivity contribution is 6.62. The van der Waals surface area contributed by atoms with E-state index in [1.54, 1.807) is 12.1 Å². The van der Waals surface area contributed by atoms with Crippen LogP contribution in [0.25, 0.3) is 10.8 Å². The van der Waals surface area contributed by atoms with Crippen molar-refractivity contribution in [1.82, 2.24) is 4.98 Å². The van der Waals surface area contributed by atoms with Crippen molar-refractivity contribution in [1.29, 1.82) is 0 Å². The van der Waals surface area contributed by atoms with E-state index < -0.39 is 29.7 Å². The van der Waals surface area contributed by atoms with Crippen molar-refractivity contribution in [2.24, 2.45) is 0 Å². The number of benzene rings is 1. The molecule has 3 rings (SSSR count). The molecule has 0 atom stereocenters. The zero-order valence-electron chi connectivity index (χ0n) is 12.5. The minimum atomic E-state index is -0.645. The Balaban J connectivity index is 2.10. The topological polar surface area (TPSA) is 51.3 Å². The lowest BCUT2D eigenvalue weighted by molar-refractivity contribution is 0.00578. The van der Waals surface area contributed by atoms with Crippen molar-refractivity contribution < 1.29 is 13.7 Å². The molecule has 1 aromatic carbocycles. The highest BCUT2D eigenvalue weighted by Gasteiger charge is 2.51. The Bertz CT molecular complexity index is 753. The lowest BCUT2D eigenvalue weighted by Crippen LogP contribution is -2.41. The van der Waals surface area contributed by atoms with Gasteiger partial charge in [0.15, 0.2) is 0 Å². The maximum absolute atomic E-state index is 14.2. The van der Waals surface area contributed by atoms with Gasteiger partial charge in [-0.05, 0) is 50.7 Å². The smallest absolute Gasteiger partial charge is 0.399 e. The molecule has 21 heavy (non-hydrogen) atoms. The van der Waals surface area contributed by atoms with Crippen LogP contribution in [0.15, 0.2) is 29.2 Å². The zero-order chi connectivity index (χ0) is 15.4. The molecule has 2 heterocycles. The molecule has 2 aromatic rings. The first kappa shape index (κ1) is 14.3. The molecule has 0 spiro atoms. The summed E-state index contributed by atoms with van der Waals surface area (Å²) in [4.78, 5) is 14.2. The summed E-state index contributed by atoms with van der Waals surface area (Å²) in [6.07, 6.45) is 1.50. The van der Waals surface area contributed by atoms with E-state index >= 15 is 0 Å². The number of nitrogens with one attached hydrogen (secondary N) is 1. The molecule has 1 N–H and O–H groups in total. The van der Waals surface area contributed by atoms with Gasteiger partial charge in [0.05, 0.1) is 16.6 Å². The Morgan fingerprint density at radius 3 is 2.38 bits per heavy atom. The molecule has 1 aliphatic rings. The molecule has 1 aliphatic heterocycles. The van der Waals surface area contributed by atoms with Gasteiger partial charge >= 0.3 is 7.12 Å². The summed E-state index contributed by atoms with van der Waals surface area (Å²) < 4.78 is 26.0. The fraction of sp³-hybridized carbons (Fsp3) is 0.400. The SMILES string of the molecule is CC1(C)OB(c2cc(F)c3c(=O)[nH]ccc3c2)OC1(C)C. The van der Waals surface area contributed by atoms with Crippen molar-refractivity contribution in [2.45, 2.75) is 38.9 Å². The maximum Gasteiger partial charge on any atom is 0.494 e. The summed E-state index contributed by atoms with van der Waals surface area (Å²) in [5.74, 6) is -0.570. The molecular formula is C15H17BFNO3. The van der Waals surface area contributed by atoms with Crippen LogP contribution in [-0.4, -0.2) is 23.3 Å². The van der Waals surface area contributed by atoms with Crippen molar-refractivity contribution in [2.75, 3.05) is 0 Å². The second-order valence-electron chi connectivity index (χ2n) is 6.36.